The molecule has 0 atom stereocenters. The van der Waals surface area contributed by atoms with E-state index in [1.54, 1.807) is 0 Å². The molecule has 0 saturated heterocycles. The third-order valence-corrected chi connectivity index (χ3v) is 3.02. The van der Waals surface area contributed by atoms with Crippen molar-refractivity contribution in [1.29, 1.82) is 0 Å². The Morgan fingerprint density at radius 1 is 1.11 bits per heavy atom. The van der Waals surface area contributed by atoms with E-state index >= 15 is 0 Å². The van der Waals surface area contributed by atoms with Crippen LogP contribution in [0, 0.1) is 0 Å². The molecule has 0 unspecified atom stereocenters. The van der Waals surface area contributed by atoms with Gasteiger partial charge in [0.15, 0.2) is 0 Å². The summed E-state index contributed by atoms with van der Waals surface area (Å²) in [6.45, 7) is 5.14. The zero-order valence-corrected chi connectivity index (χ0v) is 12.1. The lowest BCUT2D eigenvalue weighted by atomic mass is 10.2. The first-order valence-electron chi connectivity index (χ1n) is 7.26. The molecule has 2 N–H and O–H groups in total. The van der Waals surface area contributed by atoms with Crippen molar-refractivity contribution in [3.05, 3.63) is 0 Å². The minimum atomic E-state index is 0.153. The third-order valence-electron chi connectivity index (χ3n) is 3.02. The van der Waals surface area contributed by atoms with E-state index in [9.17, 15) is 4.79 Å². The van der Waals surface area contributed by atoms with Crippen molar-refractivity contribution in [3.63, 3.8) is 0 Å². The van der Waals surface area contributed by atoms with Gasteiger partial charge in [0.25, 0.3) is 0 Å². The largest absolute Gasteiger partial charge is 0.396 e. The number of nitrogens with zero attached hydrogens (tertiary/aromatic N) is 1. The second-order valence-corrected chi connectivity index (χ2v) is 4.89. The molecule has 18 heavy (non-hydrogen) atoms. The van der Waals surface area contributed by atoms with Crippen LogP contribution in [0.1, 0.15) is 51.9 Å². The molecule has 0 aromatic rings. The fourth-order valence-corrected chi connectivity index (χ4v) is 1.74. The van der Waals surface area contributed by atoms with Crippen molar-refractivity contribution in [2.45, 2.75) is 51.9 Å². The molecule has 4 nitrogen and oxygen atoms in total. The zero-order chi connectivity index (χ0) is 13.6. The van der Waals surface area contributed by atoms with Crippen molar-refractivity contribution >= 4 is 5.91 Å². The molecule has 0 aliphatic heterocycles. The van der Waals surface area contributed by atoms with Gasteiger partial charge in [0.2, 0.25) is 5.91 Å². The van der Waals surface area contributed by atoms with E-state index < -0.39 is 0 Å². The van der Waals surface area contributed by atoms with E-state index in [0.717, 1.165) is 45.3 Å². The monoisotopic (exact) mass is 258 g/mol. The average molecular weight is 258 g/mol. The Morgan fingerprint density at radius 2 is 1.83 bits per heavy atom. The molecule has 0 rings (SSSR count). The summed E-state index contributed by atoms with van der Waals surface area (Å²) in [5, 5.41) is 11.6. The van der Waals surface area contributed by atoms with Crippen molar-refractivity contribution < 1.29 is 9.90 Å². The lowest BCUT2D eigenvalue weighted by Crippen LogP contribution is -2.29. The van der Waals surface area contributed by atoms with Gasteiger partial charge >= 0.3 is 0 Å². The predicted molar refractivity (Wildman–Crippen MR) is 75.6 cm³/mol. The van der Waals surface area contributed by atoms with Gasteiger partial charge in [0.1, 0.15) is 0 Å². The van der Waals surface area contributed by atoms with Gasteiger partial charge in [-0.25, -0.2) is 0 Å². The van der Waals surface area contributed by atoms with Gasteiger partial charge in [0, 0.05) is 26.1 Å². The van der Waals surface area contributed by atoms with Crippen molar-refractivity contribution in [1.82, 2.24) is 10.2 Å². The molecule has 108 valence electrons. The maximum absolute atomic E-state index is 11.5. The van der Waals surface area contributed by atoms with Crippen LogP contribution in [0.15, 0.2) is 0 Å². The number of hydrogen-bond acceptors (Lipinski definition) is 3. The highest BCUT2D eigenvalue weighted by Crippen LogP contribution is 1.98. The van der Waals surface area contributed by atoms with Crippen LogP contribution in [0.3, 0.4) is 0 Å². The number of carbonyl (C=O) groups excluding carboxylic acids is 1. The van der Waals surface area contributed by atoms with Crippen LogP contribution in [0.4, 0.5) is 0 Å². The number of unbranched alkanes of at least 4 members (excludes halogenated alkanes) is 4. The number of carbonyl (C=O) groups is 1. The Bertz CT molecular complexity index is 198. The predicted octanol–water partition coefficient (Wildman–Crippen LogP) is 1.78. The molecule has 0 heterocycles. The summed E-state index contributed by atoms with van der Waals surface area (Å²) in [5.74, 6) is 0.153. The Kier molecular flexibility index (Phi) is 12.4. The fourth-order valence-electron chi connectivity index (χ4n) is 1.74. The minimum absolute atomic E-state index is 0.153. The molecule has 4 heteroatoms. The smallest absolute Gasteiger partial charge is 0.221 e. The number of amides is 1. The first kappa shape index (κ1) is 17.4. The van der Waals surface area contributed by atoms with Crippen molar-refractivity contribution in [2.24, 2.45) is 0 Å². The first-order valence-corrected chi connectivity index (χ1v) is 7.26. The quantitative estimate of drug-likeness (QED) is 0.525. The van der Waals surface area contributed by atoms with Gasteiger partial charge in [-0.1, -0.05) is 26.2 Å². The maximum Gasteiger partial charge on any atom is 0.221 e. The van der Waals surface area contributed by atoms with E-state index in [1.807, 2.05) is 0 Å². The van der Waals surface area contributed by atoms with Crippen LogP contribution < -0.4 is 5.32 Å². The molecule has 0 fully saturated rings. The van der Waals surface area contributed by atoms with Crippen molar-refractivity contribution in [3.8, 4) is 0 Å². The number of rotatable bonds is 12. The number of aliphatic hydroxyl groups is 1. The molecule has 0 aliphatic rings. The summed E-state index contributed by atoms with van der Waals surface area (Å²) < 4.78 is 0. The van der Waals surface area contributed by atoms with Crippen LogP contribution in [0.25, 0.3) is 0 Å². The molecule has 1 amide bonds. The second kappa shape index (κ2) is 12.8. The fraction of sp³-hybridized carbons (Fsp3) is 0.929. The van der Waals surface area contributed by atoms with Gasteiger partial charge in [-0.05, 0) is 32.9 Å². The number of nitrogens with one attached hydrogen (secondary N) is 1. The lowest BCUT2D eigenvalue weighted by molar-refractivity contribution is -0.121. The maximum atomic E-state index is 11.5. The topological polar surface area (TPSA) is 52.6 Å². The second-order valence-electron chi connectivity index (χ2n) is 4.89. The SMILES string of the molecule is CCCCN(C)CCC(=O)NCCCCCCO. The zero-order valence-electron chi connectivity index (χ0n) is 12.1. The summed E-state index contributed by atoms with van der Waals surface area (Å²) in [4.78, 5) is 13.7. The number of aliphatic hydroxyl groups excluding tert-OH is 1. The van der Waals surface area contributed by atoms with E-state index in [-0.39, 0.29) is 12.5 Å². The van der Waals surface area contributed by atoms with Gasteiger partial charge in [-0.3, -0.25) is 4.79 Å². The van der Waals surface area contributed by atoms with Crippen molar-refractivity contribution in [2.75, 3.05) is 33.3 Å². The standard InChI is InChI=1S/C14H30N2O2/c1-3-4-11-16(2)12-9-14(18)15-10-7-5-6-8-13-17/h17H,3-13H2,1-2H3,(H,15,18). The third kappa shape index (κ3) is 11.9. The van der Waals surface area contributed by atoms with Gasteiger partial charge in [0.05, 0.1) is 0 Å². The summed E-state index contributed by atoms with van der Waals surface area (Å²) in [6.07, 6.45) is 7.00. The van der Waals surface area contributed by atoms with E-state index in [2.05, 4.69) is 24.2 Å². The molecule has 0 aromatic carbocycles. The molecule has 0 saturated carbocycles. The highest BCUT2D eigenvalue weighted by Gasteiger charge is 2.03. The average Bonchev–Trinajstić information content (AvgIpc) is 2.38. The highest BCUT2D eigenvalue weighted by molar-refractivity contribution is 5.75. The first-order chi connectivity index (χ1) is 8.70. The summed E-state index contributed by atoms with van der Waals surface area (Å²) >= 11 is 0. The van der Waals surface area contributed by atoms with Gasteiger partial charge in [-0.2, -0.15) is 0 Å². The van der Waals surface area contributed by atoms with Gasteiger partial charge < -0.3 is 15.3 Å². The molecular weight excluding hydrogens is 228 g/mol. The van der Waals surface area contributed by atoms with Crippen LogP contribution in [0.2, 0.25) is 0 Å². The Hall–Kier alpha value is -0.610. The van der Waals surface area contributed by atoms with Crippen LogP contribution >= 0.6 is 0 Å². The Morgan fingerprint density at radius 3 is 2.50 bits per heavy atom. The summed E-state index contributed by atoms with van der Waals surface area (Å²) in [5.41, 5.74) is 0. The van der Waals surface area contributed by atoms with E-state index in [4.69, 9.17) is 5.11 Å². The molecule has 0 spiro atoms. The number of hydrogen-bond donors (Lipinski definition) is 2. The van der Waals surface area contributed by atoms with E-state index in [1.165, 1.54) is 12.8 Å². The van der Waals surface area contributed by atoms with Crippen LogP contribution in [-0.2, 0) is 4.79 Å². The van der Waals surface area contributed by atoms with Gasteiger partial charge in [-0.15, -0.1) is 0 Å². The Labute approximate surface area is 112 Å². The minimum Gasteiger partial charge on any atom is -0.396 e. The molecule has 0 bridgehead atoms. The summed E-state index contributed by atoms with van der Waals surface area (Å²) in [6, 6.07) is 0. The normalized spacial score (nSPS) is 10.9. The molecule has 0 aromatic heterocycles. The Balaban J connectivity index is 3.31. The highest BCUT2D eigenvalue weighted by atomic mass is 16.2. The molecule has 0 aliphatic carbocycles. The lowest BCUT2D eigenvalue weighted by Gasteiger charge is -2.15. The van der Waals surface area contributed by atoms with E-state index in [0.29, 0.717) is 6.42 Å². The summed E-state index contributed by atoms with van der Waals surface area (Å²) in [7, 11) is 2.07. The molecular formula is C14H30N2O2. The molecule has 0 radical (unpaired) electrons. The van der Waals surface area contributed by atoms with Crippen LogP contribution in [0.5, 0.6) is 0 Å². The van der Waals surface area contributed by atoms with Crippen LogP contribution in [-0.4, -0.2) is 49.2 Å².